The van der Waals surface area contributed by atoms with E-state index in [4.69, 9.17) is 4.74 Å². The first kappa shape index (κ1) is 18.3. The van der Waals surface area contributed by atoms with Crippen molar-refractivity contribution in [1.29, 1.82) is 0 Å². The van der Waals surface area contributed by atoms with Gasteiger partial charge in [-0.15, -0.1) is 0 Å². The minimum absolute atomic E-state index is 0.144. The quantitative estimate of drug-likeness (QED) is 0.447. The number of rotatable bonds is 6. The Bertz CT molecular complexity index is 651. The van der Waals surface area contributed by atoms with E-state index in [9.17, 15) is 19.2 Å². The molecule has 8 nitrogen and oxygen atoms in total. The first-order chi connectivity index (χ1) is 11.4. The van der Waals surface area contributed by atoms with Crippen LogP contribution in [0.2, 0.25) is 0 Å². The molecule has 24 heavy (non-hydrogen) atoms. The van der Waals surface area contributed by atoms with Gasteiger partial charge in [-0.1, -0.05) is 11.8 Å². The number of nitrogens with one attached hydrogen (secondary N) is 1. The second-order valence-corrected chi connectivity index (χ2v) is 6.85. The third kappa shape index (κ3) is 4.75. The molecule has 2 atom stereocenters. The Morgan fingerprint density at radius 2 is 2.21 bits per heavy atom. The van der Waals surface area contributed by atoms with E-state index in [2.05, 4.69) is 10.3 Å². The van der Waals surface area contributed by atoms with Crippen molar-refractivity contribution < 1.29 is 23.9 Å². The SMILES string of the molecule is CC(=O)SC(CC(=O)OC(=O)[C@@H]1CCCN1)C(=O)c1nccn1C. The fourth-order valence-corrected chi connectivity index (χ4v) is 3.23. The molecule has 0 bridgehead atoms. The summed E-state index contributed by atoms with van der Waals surface area (Å²) in [5.41, 5.74) is 0. The Balaban J connectivity index is 2.01. The Morgan fingerprint density at radius 3 is 2.75 bits per heavy atom. The first-order valence-electron chi connectivity index (χ1n) is 7.55. The van der Waals surface area contributed by atoms with E-state index in [1.54, 1.807) is 13.2 Å². The fourth-order valence-electron chi connectivity index (χ4n) is 2.40. The highest BCUT2D eigenvalue weighted by molar-refractivity contribution is 8.14. The number of aryl methyl sites for hydroxylation is 1. The number of hydrogen-bond donors (Lipinski definition) is 1. The van der Waals surface area contributed by atoms with E-state index in [0.29, 0.717) is 13.0 Å². The van der Waals surface area contributed by atoms with Gasteiger partial charge in [0.05, 0.1) is 11.7 Å². The van der Waals surface area contributed by atoms with E-state index >= 15 is 0 Å². The number of Topliss-reactive ketones (excluding diaryl/α,β-unsaturated/α-hetero) is 1. The summed E-state index contributed by atoms with van der Waals surface area (Å²) in [5.74, 6) is -1.78. The highest BCUT2D eigenvalue weighted by Crippen LogP contribution is 2.21. The molecule has 1 aromatic rings. The predicted molar refractivity (Wildman–Crippen MR) is 86.3 cm³/mol. The molecule has 1 saturated heterocycles. The summed E-state index contributed by atoms with van der Waals surface area (Å²) < 4.78 is 6.31. The monoisotopic (exact) mass is 353 g/mol. The number of imidazole rings is 1. The van der Waals surface area contributed by atoms with E-state index in [1.165, 1.54) is 17.7 Å². The summed E-state index contributed by atoms with van der Waals surface area (Å²) in [5, 5.41) is 1.66. The van der Waals surface area contributed by atoms with Crippen molar-refractivity contribution in [2.45, 2.75) is 37.5 Å². The molecule has 2 heterocycles. The number of esters is 2. The maximum Gasteiger partial charge on any atom is 0.330 e. The average Bonchev–Trinajstić information content (AvgIpc) is 3.16. The van der Waals surface area contributed by atoms with Crippen molar-refractivity contribution in [3.05, 3.63) is 18.2 Å². The van der Waals surface area contributed by atoms with Gasteiger partial charge < -0.3 is 14.6 Å². The van der Waals surface area contributed by atoms with Gasteiger partial charge in [-0.3, -0.25) is 14.4 Å². The lowest BCUT2D eigenvalue weighted by molar-refractivity contribution is -0.160. The average molecular weight is 353 g/mol. The van der Waals surface area contributed by atoms with Crippen molar-refractivity contribution in [1.82, 2.24) is 14.9 Å². The summed E-state index contributed by atoms with van der Waals surface area (Å²) in [7, 11) is 1.64. The minimum atomic E-state index is -0.972. The molecule has 0 amide bonds. The number of thioether (sulfide) groups is 1. The zero-order chi connectivity index (χ0) is 17.7. The van der Waals surface area contributed by atoms with Gasteiger partial charge in [-0.25, -0.2) is 9.78 Å². The maximum atomic E-state index is 12.5. The zero-order valence-corrected chi connectivity index (χ0v) is 14.3. The number of aromatic nitrogens is 2. The Hall–Kier alpha value is -2.00. The molecule has 1 aliphatic heterocycles. The lowest BCUT2D eigenvalue weighted by Gasteiger charge is -2.14. The van der Waals surface area contributed by atoms with Crippen LogP contribution in [-0.2, 0) is 26.2 Å². The van der Waals surface area contributed by atoms with Gasteiger partial charge in [-0.05, 0) is 19.4 Å². The van der Waals surface area contributed by atoms with Crippen LogP contribution in [0.3, 0.4) is 0 Å². The molecular formula is C15H19N3O5S. The third-order valence-corrected chi connectivity index (χ3v) is 4.55. The summed E-state index contributed by atoms with van der Waals surface area (Å²) in [6.45, 7) is 2.01. The van der Waals surface area contributed by atoms with Crippen LogP contribution in [0.15, 0.2) is 12.4 Å². The maximum absolute atomic E-state index is 12.5. The Morgan fingerprint density at radius 1 is 1.46 bits per heavy atom. The van der Waals surface area contributed by atoms with Crippen LogP contribution in [0.25, 0.3) is 0 Å². The van der Waals surface area contributed by atoms with Crippen LogP contribution < -0.4 is 5.32 Å². The molecule has 0 aliphatic carbocycles. The van der Waals surface area contributed by atoms with Crippen LogP contribution in [0.4, 0.5) is 0 Å². The molecule has 0 saturated carbocycles. The highest BCUT2D eigenvalue weighted by atomic mass is 32.2. The van der Waals surface area contributed by atoms with Crippen LogP contribution in [0.1, 0.15) is 36.8 Å². The molecule has 0 aromatic carbocycles. The zero-order valence-electron chi connectivity index (χ0n) is 13.5. The summed E-state index contributed by atoms with van der Waals surface area (Å²) >= 11 is 0.733. The van der Waals surface area contributed by atoms with Crippen molar-refractivity contribution in [3.63, 3.8) is 0 Å². The van der Waals surface area contributed by atoms with Crippen molar-refractivity contribution in [2.75, 3.05) is 6.54 Å². The van der Waals surface area contributed by atoms with Gasteiger partial charge >= 0.3 is 11.9 Å². The number of carbonyl (C=O) groups is 4. The molecule has 1 aromatic heterocycles. The summed E-state index contributed by atoms with van der Waals surface area (Å²) in [4.78, 5) is 51.6. The minimum Gasteiger partial charge on any atom is -0.392 e. The second-order valence-electron chi connectivity index (χ2n) is 5.47. The second kappa shape index (κ2) is 8.20. The number of ether oxygens (including phenoxy) is 1. The van der Waals surface area contributed by atoms with Gasteiger partial charge in [-0.2, -0.15) is 0 Å². The smallest absolute Gasteiger partial charge is 0.330 e. The Labute approximate surface area is 143 Å². The van der Waals surface area contributed by atoms with Gasteiger partial charge in [0.15, 0.2) is 10.9 Å². The van der Waals surface area contributed by atoms with Crippen LogP contribution in [0.5, 0.6) is 0 Å². The topological polar surface area (TPSA) is 107 Å². The number of ketones is 1. The number of carbonyl (C=O) groups excluding carboxylic acids is 4. The molecule has 9 heteroatoms. The molecule has 1 unspecified atom stereocenters. The number of nitrogens with zero attached hydrogens (tertiary/aromatic N) is 2. The van der Waals surface area contributed by atoms with Crippen molar-refractivity contribution in [3.8, 4) is 0 Å². The van der Waals surface area contributed by atoms with Crippen molar-refractivity contribution in [2.24, 2.45) is 7.05 Å². The molecule has 130 valence electrons. The van der Waals surface area contributed by atoms with E-state index < -0.39 is 29.0 Å². The standard InChI is InChI=1S/C15H19N3O5S/c1-9(19)24-11(13(21)14-17-6-7-18(14)2)8-12(20)23-15(22)10-4-3-5-16-10/h6-7,10-11,16H,3-5,8H2,1-2H3/t10-,11?/m0/s1. The summed E-state index contributed by atoms with van der Waals surface area (Å²) in [6, 6.07) is -0.488. The van der Waals surface area contributed by atoms with E-state index in [-0.39, 0.29) is 17.4 Å². The largest absolute Gasteiger partial charge is 0.392 e. The first-order valence-corrected chi connectivity index (χ1v) is 8.43. The lowest BCUT2D eigenvalue weighted by Crippen LogP contribution is -2.35. The molecule has 0 spiro atoms. The van der Waals surface area contributed by atoms with Gasteiger partial charge in [0, 0.05) is 26.4 Å². The van der Waals surface area contributed by atoms with Gasteiger partial charge in [0.1, 0.15) is 6.04 Å². The molecule has 1 aliphatic rings. The van der Waals surface area contributed by atoms with Crippen LogP contribution >= 0.6 is 11.8 Å². The third-order valence-electron chi connectivity index (χ3n) is 3.55. The fraction of sp³-hybridized carbons (Fsp3) is 0.533. The van der Waals surface area contributed by atoms with E-state index in [0.717, 1.165) is 18.2 Å². The highest BCUT2D eigenvalue weighted by Gasteiger charge is 2.31. The molecule has 2 rings (SSSR count). The predicted octanol–water partition coefficient (Wildman–Crippen LogP) is 0.463. The molecule has 0 radical (unpaired) electrons. The van der Waals surface area contributed by atoms with Crippen LogP contribution in [-0.4, -0.2) is 50.2 Å². The van der Waals surface area contributed by atoms with Crippen molar-refractivity contribution >= 4 is 34.6 Å². The van der Waals surface area contributed by atoms with E-state index in [1.807, 2.05) is 0 Å². The normalized spacial score (nSPS) is 18.2. The molecular weight excluding hydrogens is 334 g/mol. The molecule has 1 fully saturated rings. The van der Waals surface area contributed by atoms with Gasteiger partial charge in [0.2, 0.25) is 5.78 Å². The lowest BCUT2D eigenvalue weighted by atomic mass is 10.2. The number of hydrogen-bond acceptors (Lipinski definition) is 8. The van der Waals surface area contributed by atoms with Gasteiger partial charge in [0.25, 0.3) is 0 Å². The molecule has 1 N–H and O–H groups in total. The van der Waals surface area contributed by atoms with Crippen LogP contribution in [0, 0.1) is 0 Å². The summed E-state index contributed by atoms with van der Waals surface area (Å²) in [6.07, 6.45) is 4.14. The Kier molecular flexibility index (Phi) is 6.27.